The van der Waals surface area contributed by atoms with Gasteiger partial charge in [0.2, 0.25) is 11.8 Å². The molecule has 0 saturated carbocycles. The Morgan fingerprint density at radius 3 is 2.52 bits per heavy atom. The Labute approximate surface area is 173 Å². The summed E-state index contributed by atoms with van der Waals surface area (Å²) in [6.07, 6.45) is -0.158. The molecule has 3 aromatic rings. The van der Waals surface area contributed by atoms with Crippen molar-refractivity contribution in [1.29, 1.82) is 0 Å². The minimum Gasteiger partial charge on any atom is -0.439 e. The zero-order valence-corrected chi connectivity index (χ0v) is 16.4. The van der Waals surface area contributed by atoms with E-state index in [0.29, 0.717) is 22.8 Å². The van der Waals surface area contributed by atoms with Crippen LogP contribution in [0.3, 0.4) is 0 Å². The highest BCUT2D eigenvalue weighted by Crippen LogP contribution is 2.21. The predicted octanol–water partition coefficient (Wildman–Crippen LogP) is 3.89. The summed E-state index contributed by atoms with van der Waals surface area (Å²) in [6, 6.07) is 18.4. The molecular weight excluding hydrogens is 395 g/mol. The normalized spacial score (nSPS) is 13.1. The van der Waals surface area contributed by atoms with Gasteiger partial charge in [-0.2, -0.15) is 9.37 Å². The van der Waals surface area contributed by atoms with Crippen LogP contribution in [-0.4, -0.2) is 34.4 Å². The molecule has 2 aromatic carbocycles. The van der Waals surface area contributed by atoms with Gasteiger partial charge < -0.3 is 20.3 Å². The van der Waals surface area contributed by atoms with E-state index in [1.807, 2.05) is 12.1 Å². The van der Waals surface area contributed by atoms with E-state index in [0.717, 1.165) is 5.56 Å². The van der Waals surface area contributed by atoms with Crippen LogP contribution in [0.25, 0.3) is 0 Å². The lowest BCUT2D eigenvalue weighted by molar-refractivity contribution is 0.158. The van der Waals surface area contributed by atoms with Crippen LogP contribution in [-0.2, 0) is 6.42 Å². The van der Waals surface area contributed by atoms with E-state index in [9.17, 15) is 14.6 Å². The van der Waals surface area contributed by atoms with Gasteiger partial charge in [0, 0.05) is 23.7 Å². The van der Waals surface area contributed by atoms with Gasteiger partial charge in [-0.05, 0) is 47.9 Å². The molecule has 0 aliphatic rings. The molecule has 0 spiro atoms. The van der Waals surface area contributed by atoms with Crippen molar-refractivity contribution in [2.24, 2.45) is 0 Å². The fraction of sp³-hybridized carbons (Fsp3) is 0.227. The van der Waals surface area contributed by atoms with Crippen LogP contribution in [0.5, 0.6) is 11.6 Å². The standard InChI is InChI=1S/C22H22ClFN2O3/c23-17-4-1-3-16(12-17)20(28)13-25-18(14-27)11-15-7-9-19(10-8-15)29-22-6-2-5-21(24)26-22/h1-10,12,18,20,25,27-28H,11,13-14H2. The first-order chi connectivity index (χ1) is 14.0. The molecule has 5 nitrogen and oxygen atoms in total. The van der Waals surface area contributed by atoms with Crippen LogP contribution in [0.4, 0.5) is 4.39 Å². The summed E-state index contributed by atoms with van der Waals surface area (Å²) in [4.78, 5) is 3.66. The quantitative estimate of drug-likeness (QED) is 0.461. The van der Waals surface area contributed by atoms with Gasteiger partial charge in [0.15, 0.2) is 0 Å². The second kappa shape index (κ2) is 10.3. The smallest absolute Gasteiger partial charge is 0.221 e. The van der Waals surface area contributed by atoms with Crippen LogP contribution < -0.4 is 10.1 Å². The third-order valence-corrected chi connectivity index (χ3v) is 4.61. The average molecular weight is 417 g/mol. The number of hydrogen-bond acceptors (Lipinski definition) is 5. The molecule has 3 rings (SSSR count). The molecule has 0 amide bonds. The molecular formula is C22H22ClFN2O3. The maximum atomic E-state index is 13.1. The van der Waals surface area contributed by atoms with Crippen LogP contribution >= 0.6 is 11.6 Å². The molecule has 1 aromatic heterocycles. The molecule has 2 atom stereocenters. The lowest BCUT2D eigenvalue weighted by Gasteiger charge is -2.19. The third-order valence-electron chi connectivity index (χ3n) is 4.37. The summed E-state index contributed by atoms with van der Waals surface area (Å²) in [5.41, 5.74) is 1.70. The molecule has 0 radical (unpaired) electrons. The van der Waals surface area contributed by atoms with Crippen molar-refractivity contribution in [3.05, 3.63) is 88.8 Å². The van der Waals surface area contributed by atoms with Gasteiger partial charge in [-0.3, -0.25) is 0 Å². The Hall–Kier alpha value is -2.51. The Morgan fingerprint density at radius 2 is 1.83 bits per heavy atom. The van der Waals surface area contributed by atoms with Gasteiger partial charge in [-0.15, -0.1) is 0 Å². The summed E-state index contributed by atoms with van der Waals surface area (Å²) in [6.45, 7) is 0.214. The first-order valence-electron chi connectivity index (χ1n) is 9.20. The van der Waals surface area contributed by atoms with Gasteiger partial charge in [0.25, 0.3) is 0 Å². The summed E-state index contributed by atoms with van der Waals surface area (Å²) in [7, 11) is 0. The number of nitrogens with zero attached hydrogens (tertiary/aromatic N) is 1. The number of rotatable bonds is 9. The van der Waals surface area contributed by atoms with Gasteiger partial charge in [0.1, 0.15) is 5.75 Å². The minimum absolute atomic E-state index is 0.0757. The van der Waals surface area contributed by atoms with Crippen LogP contribution in [0.1, 0.15) is 17.2 Å². The van der Waals surface area contributed by atoms with Crippen LogP contribution in [0, 0.1) is 5.95 Å². The third kappa shape index (κ3) is 6.51. The summed E-state index contributed by atoms with van der Waals surface area (Å²) < 4.78 is 18.7. The van der Waals surface area contributed by atoms with Crippen molar-refractivity contribution in [3.63, 3.8) is 0 Å². The van der Waals surface area contributed by atoms with E-state index in [1.54, 1.807) is 42.5 Å². The number of aromatic nitrogens is 1. The Bertz CT molecular complexity index is 924. The molecule has 7 heteroatoms. The fourth-order valence-electron chi connectivity index (χ4n) is 2.86. The molecule has 0 aliphatic carbocycles. The van der Waals surface area contributed by atoms with Crippen LogP contribution in [0.15, 0.2) is 66.7 Å². The minimum atomic E-state index is -0.725. The van der Waals surface area contributed by atoms with Crippen LogP contribution in [0.2, 0.25) is 5.02 Å². The molecule has 0 fully saturated rings. The molecule has 29 heavy (non-hydrogen) atoms. The van der Waals surface area contributed by atoms with Crippen molar-refractivity contribution in [3.8, 4) is 11.6 Å². The SMILES string of the molecule is OCC(Cc1ccc(Oc2cccc(F)n2)cc1)NCC(O)c1cccc(Cl)c1. The van der Waals surface area contributed by atoms with Crippen molar-refractivity contribution in [2.45, 2.75) is 18.6 Å². The molecule has 0 saturated heterocycles. The van der Waals surface area contributed by atoms with E-state index in [4.69, 9.17) is 16.3 Å². The topological polar surface area (TPSA) is 74.6 Å². The van der Waals surface area contributed by atoms with Gasteiger partial charge in [-0.1, -0.05) is 41.9 Å². The summed E-state index contributed by atoms with van der Waals surface area (Å²) in [5.74, 6) is 0.121. The average Bonchev–Trinajstić information content (AvgIpc) is 2.72. The number of halogens is 2. The summed E-state index contributed by atoms with van der Waals surface area (Å²) in [5, 5.41) is 23.7. The molecule has 2 unspecified atom stereocenters. The molecule has 3 N–H and O–H groups in total. The number of nitrogens with one attached hydrogen (secondary N) is 1. The highest BCUT2D eigenvalue weighted by Gasteiger charge is 2.13. The van der Waals surface area contributed by atoms with Gasteiger partial charge >= 0.3 is 0 Å². The Kier molecular flexibility index (Phi) is 7.55. The van der Waals surface area contributed by atoms with Crippen molar-refractivity contribution < 1.29 is 19.3 Å². The molecule has 0 aliphatic heterocycles. The summed E-state index contributed by atoms with van der Waals surface area (Å²) >= 11 is 5.95. The monoisotopic (exact) mass is 416 g/mol. The van der Waals surface area contributed by atoms with Crippen molar-refractivity contribution >= 4 is 11.6 Å². The van der Waals surface area contributed by atoms with E-state index in [-0.39, 0.29) is 25.1 Å². The lowest BCUT2D eigenvalue weighted by Crippen LogP contribution is -2.37. The number of ether oxygens (including phenoxy) is 1. The van der Waals surface area contributed by atoms with E-state index in [1.165, 1.54) is 12.1 Å². The van der Waals surface area contributed by atoms with E-state index < -0.39 is 12.1 Å². The maximum Gasteiger partial charge on any atom is 0.221 e. The van der Waals surface area contributed by atoms with E-state index in [2.05, 4.69) is 10.3 Å². The molecule has 0 bridgehead atoms. The molecule has 152 valence electrons. The number of pyridine rings is 1. The zero-order chi connectivity index (χ0) is 20.6. The maximum absolute atomic E-state index is 13.1. The predicted molar refractivity (Wildman–Crippen MR) is 110 cm³/mol. The largest absolute Gasteiger partial charge is 0.439 e. The number of benzene rings is 2. The first kappa shape index (κ1) is 21.2. The first-order valence-corrected chi connectivity index (χ1v) is 9.58. The second-order valence-electron chi connectivity index (χ2n) is 6.61. The highest BCUT2D eigenvalue weighted by molar-refractivity contribution is 6.30. The zero-order valence-electron chi connectivity index (χ0n) is 15.6. The lowest BCUT2D eigenvalue weighted by atomic mass is 10.1. The second-order valence-corrected chi connectivity index (χ2v) is 7.04. The van der Waals surface area contributed by atoms with Gasteiger partial charge in [-0.25, -0.2) is 0 Å². The number of aliphatic hydroxyl groups is 2. The van der Waals surface area contributed by atoms with Crippen molar-refractivity contribution in [1.82, 2.24) is 10.3 Å². The highest BCUT2D eigenvalue weighted by atomic mass is 35.5. The van der Waals surface area contributed by atoms with E-state index >= 15 is 0 Å². The fourth-order valence-corrected chi connectivity index (χ4v) is 3.06. The number of aliphatic hydroxyl groups excluding tert-OH is 2. The Balaban J connectivity index is 1.53. The Morgan fingerprint density at radius 1 is 1.07 bits per heavy atom. The van der Waals surface area contributed by atoms with Gasteiger partial charge in [0.05, 0.1) is 12.7 Å². The molecule has 1 heterocycles. The number of hydrogen-bond donors (Lipinski definition) is 3. The van der Waals surface area contributed by atoms with Crippen molar-refractivity contribution in [2.75, 3.05) is 13.2 Å².